The summed E-state index contributed by atoms with van der Waals surface area (Å²) in [5, 5.41) is 0. The Labute approximate surface area is 184 Å². The van der Waals surface area contributed by atoms with Gasteiger partial charge in [0.05, 0.1) is 6.61 Å². The molecule has 132 valence electrons. The van der Waals surface area contributed by atoms with E-state index in [2.05, 4.69) is 6.92 Å². The zero-order valence-electron chi connectivity index (χ0n) is 14.8. The minimum atomic E-state index is -4.52. The molecule has 0 N–H and O–H groups in total. The largest absolute Gasteiger partial charge is 1.00 e. The molecule has 0 aliphatic rings. The van der Waals surface area contributed by atoms with Crippen molar-refractivity contribution in [1.82, 2.24) is 0 Å². The second-order valence-corrected chi connectivity index (χ2v) is 7.22. The standard InChI is InChI=1S/C16H32O5S.K/c1-2-3-4-5-6-7-8-9-10-11-12-13-14-21-16(17)15-22(18,19)20;/h2-15H2,1H3,(H,18,19,20);/q;+1/p-1. The van der Waals surface area contributed by atoms with Gasteiger partial charge in [-0.1, -0.05) is 77.6 Å². The second kappa shape index (κ2) is 17.8. The third-order valence-electron chi connectivity index (χ3n) is 3.56. The number of unbranched alkanes of at least 4 members (excludes halogenated alkanes) is 11. The van der Waals surface area contributed by atoms with Crippen molar-refractivity contribution in [2.24, 2.45) is 0 Å². The van der Waals surface area contributed by atoms with E-state index in [0.29, 0.717) is 0 Å². The molecule has 0 aromatic rings. The summed E-state index contributed by atoms with van der Waals surface area (Å²) in [7, 11) is -4.52. The summed E-state index contributed by atoms with van der Waals surface area (Å²) in [6.45, 7) is 2.43. The zero-order valence-corrected chi connectivity index (χ0v) is 18.8. The molecule has 23 heavy (non-hydrogen) atoms. The van der Waals surface area contributed by atoms with Crippen LogP contribution < -0.4 is 51.4 Å². The van der Waals surface area contributed by atoms with Crippen molar-refractivity contribution in [1.29, 1.82) is 0 Å². The topological polar surface area (TPSA) is 83.5 Å². The SMILES string of the molecule is CCCCCCCCCCCCCCOC(=O)CS(=O)(=O)[O-].[K+]. The van der Waals surface area contributed by atoms with Crippen LogP contribution in [-0.2, 0) is 19.6 Å². The molecule has 0 aromatic carbocycles. The molecule has 0 spiro atoms. The molecule has 0 aliphatic carbocycles. The number of carbonyl (C=O) groups excluding carboxylic acids is 1. The quantitative estimate of drug-likeness (QED) is 0.183. The number of carbonyl (C=O) groups is 1. The molecule has 0 radical (unpaired) electrons. The molecule has 0 rings (SSSR count). The van der Waals surface area contributed by atoms with Gasteiger partial charge < -0.3 is 9.29 Å². The van der Waals surface area contributed by atoms with Crippen LogP contribution in [0.3, 0.4) is 0 Å². The zero-order chi connectivity index (χ0) is 16.7. The van der Waals surface area contributed by atoms with E-state index in [-0.39, 0.29) is 58.0 Å². The maximum Gasteiger partial charge on any atom is 1.00 e. The fourth-order valence-corrected chi connectivity index (χ4v) is 2.69. The summed E-state index contributed by atoms with van der Waals surface area (Å²) in [5.41, 5.74) is 0. The van der Waals surface area contributed by atoms with Gasteiger partial charge in [0.25, 0.3) is 0 Å². The molecule has 0 atom stereocenters. The van der Waals surface area contributed by atoms with E-state index in [4.69, 9.17) is 4.74 Å². The van der Waals surface area contributed by atoms with Crippen molar-refractivity contribution in [3.63, 3.8) is 0 Å². The molecule has 7 heteroatoms. The van der Waals surface area contributed by atoms with E-state index in [1.165, 1.54) is 57.8 Å². The minimum Gasteiger partial charge on any atom is -0.748 e. The monoisotopic (exact) mass is 374 g/mol. The first-order chi connectivity index (χ1) is 10.5. The van der Waals surface area contributed by atoms with E-state index < -0.39 is 21.8 Å². The van der Waals surface area contributed by atoms with Gasteiger partial charge in [-0.05, 0) is 6.42 Å². The van der Waals surface area contributed by atoms with Crippen molar-refractivity contribution >= 4 is 16.1 Å². The van der Waals surface area contributed by atoms with Crippen molar-refractivity contribution in [2.45, 2.75) is 84.0 Å². The number of ether oxygens (including phenoxy) is 1. The first-order valence-electron chi connectivity index (χ1n) is 8.55. The Morgan fingerprint density at radius 1 is 0.826 bits per heavy atom. The molecule has 0 aliphatic heterocycles. The average Bonchev–Trinajstić information content (AvgIpc) is 2.42. The molecule has 0 unspecified atom stereocenters. The molecule has 0 amide bonds. The van der Waals surface area contributed by atoms with Gasteiger partial charge >= 0.3 is 57.4 Å². The summed E-state index contributed by atoms with van der Waals surface area (Å²) < 4.78 is 35.6. The van der Waals surface area contributed by atoms with Crippen LogP contribution in [0.4, 0.5) is 0 Å². The third-order valence-corrected chi connectivity index (χ3v) is 4.14. The van der Waals surface area contributed by atoms with Crippen LogP contribution in [0.2, 0.25) is 0 Å². The van der Waals surface area contributed by atoms with E-state index in [1.807, 2.05) is 0 Å². The summed E-state index contributed by atoms with van der Waals surface area (Å²) in [6, 6.07) is 0. The Hall–Kier alpha value is 1.02. The normalized spacial score (nSPS) is 11.0. The van der Waals surface area contributed by atoms with E-state index >= 15 is 0 Å². The fourth-order valence-electron chi connectivity index (χ4n) is 2.32. The van der Waals surface area contributed by atoms with Crippen molar-refractivity contribution < 1.29 is 73.9 Å². The number of hydrogen-bond donors (Lipinski definition) is 0. The maximum absolute atomic E-state index is 11.0. The van der Waals surface area contributed by atoms with E-state index in [0.717, 1.165) is 19.3 Å². The Balaban J connectivity index is 0. The van der Waals surface area contributed by atoms with Crippen LogP contribution in [0.15, 0.2) is 0 Å². The minimum absolute atomic E-state index is 0. The van der Waals surface area contributed by atoms with Gasteiger partial charge in [-0.15, -0.1) is 0 Å². The third kappa shape index (κ3) is 23.0. The Morgan fingerprint density at radius 2 is 1.22 bits per heavy atom. The molecule has 0 saturated heterocycles. The van der Waals surface area contributed by atoms with Crippen LogP contribution in [0.5, 0.6) is 0 Å². The molecule has 0 fully saturated rings. The molecule has 0 bridgehead atoms. The van der Waals surface area contributed by atoms with Crippen LogP contribution in [0, 0.1) is 0 Å². The molecular formula is C16H31KO5S. The maximum atomic E-state index is 11.0. The fraction of sp³-hybridized carbons (Fsp3) is 0.938. The van der Waals surface area contributed by atoms with Crippen molar-refractivity contribution in [2.75, 3.05) is 12.4 Å². The summed E-state index contributed by atoms with van der Waals surface area (Å²) in [4.78, 5) is 11.0. The predicted octanol–water partition coefficient (Wildman–Crippen LogP) is 0.780. The van der Waals surface area contributed by atoms with Gasteiger partial charge in [0.2, 0.25) is 0 Å². The van der Waals surface area contributed by atoms with Crippen molar-refractivity contribution in [3.05, 3.63) is 0 Å². The smallest absolute Gasteiger partial charge is 0.748 e. The van der Waals surface area contributed by atoms with Crippen LogP contribution in [0.25, 0.3) is 0 Å². The number of rotatable bonds is 15. The number of esters is 1. The van der Waals surface area contributed by atoms with Gasteiger partial charge in [0, 0.05) is 0 Å². The van der Waals surface area contributed by atoms with E-state index in [9.17, 15) is 17.8 Å². The Bertz CT molecular complexity index is 371. The van der Waals surface area contributed by atoms with Crippen LogP contribution in [0.1, 0.15) is 84.0 Å². The Morgan fingerprint density at radius 3 is 1.61 bits per heavy atom. The molecular weight excluding hydrogens is 343 g/mol. The number of hydrogen-bond acceptors (Lipinski definition) is 5. The van der Waals surface area contributed by atoms with Gasteiger partial charge in [0.1, 0.15) is 15.9 Å². The van der Waals surface area contributed by atoms with Gasteiger partial charge in [-0.2, -0.15) is 0 Å². The average molecular weight is 375 g/mol. The first-order valence-corrected chi connectivity index (χ1v) is 10.1. The second-order valence-electron chi connectivity index (χ2n) is 5.81. The molecule has 0 aromatic heterocycles. The van der Waals surface area contributed by atoms with Gasteiger partial charge in [-0.3, -0.25) is 4.79 Å². The molecule has 0 saturated carbocycles. The van der Waals surface area contributed by atoms with E-state index in [1.54, 1.807) is 0 Å². The van der Waals surface area contributed by atoms with Gasteiger partial charge in [-0.25, -0.2) is 8.42 Å². The van der Waals surface area contributed by atoms with Gasteiger partial charge in [0.15, 0.2) is 0 Å². The summed E-state index contributed by atoms with van der Waals surface area (Å²) in [6.07, 6.45) is 14.6. The van der Waals surface area contributed by atoms with Crippen LogP contribution >= 0.6 is 0 Å². The summed E-state index contributed by atoms with van der Waals surface area (Å²) >= 11 is 0. The Kier molecular flexibility index (Phi) is 20.3. The molecule has 5 nitrogen and oxygen atoms in total. The van der Waals surface area contributed by atoms with Crippen LogP contribution in [-0.4, -0.2) is 31.3 Å². The first kappa shape index (κ1) is 26.2. The van der Waals surface area contributed by atoms with Crippen molar-refractivity contribution in [3.8, 4) is 0 Å². The molecule has 0 heterocycles. The predicted molar refractivity (Wildman–Crippen MR) is 86.6 cm³/mol. The summed E-state index contributed by atoms with van der Waals surface area (Å²) in [5.74, 6) is -2.01.